The maximum Gasteiger partial charge on any atom is 0.191 e. The number of aliphatic imine (C=N–C) groups is 1. The Balaban J connectivity index is 0.00000361. The first kappa shape index (κ1) is 19.0. The van der Waals surface area contributed by atoms with E-state index >= 15 is 0 Å². The van der Waals surface area contributed by atoms with Gasteiger partial charge in [0.15, 0.2) is 5.96 Å². The van der Waals surface area contributed by atoms with E-state index in [1.807, 2.05) is 25.1 Å². The molecule has 0 fully saturated rings. The Bertz CT molecular complexity index is 402. The third-order valence-electron chi connectivity index (χ3n) is 2.52. The molecule has 1 unspecified atom stereocenters. The predicted octanol–water partition coefficient (Wildman–Crippen LogP) is 2.96. The van der Waals surface area contributed by atoms with Crippen molar-refractivity contribution in [3.05, 3.63) is 29.8 Å². The summed E-state index contributed by atoms with van der Waals surface area (Å²) in [6.07, 6.45) is 0.0501. The number of halogens is 1. The Morgan fingerprint density at radius 1 is 1.25 bits per heavy atom. The number of hydrogen-bond donors (Lipinski definition) is 2. The van der Waals surface area contributed by atoms with Crippen molar-refractivity contribution in [2.75, 3.05) is 19.6 Å². The van der Waals surface area contributed by atoms with Gasteiger partial charge in [0.05, 0.1) is 6.54 Å². The first-order chi connectivity index (χ1) is 9.15. The quantitative estimate of drug-likeness (QED) is 0.445. The number of benzene rings is 1. The van der Waals surface area contributed by atoms with Crippen LogP contribution in [-0.2, 0) is 0 Å². The first-order valence-corrected chi connectivity index (χ1v) is 6.91. The zero-order valence-electron chi connectivity index (χ0n) is 12.8. The van der Waals surface area contributed by atoms with Gasteiger partial charge in [-0.3, -0.25) is 0 Å². The molecular weight excluding hydrogens is 365 g/mol. The second-order valence-electron chi connectivity index (χ2n) is 4.49. The highest BCUT2D eigenvalue weighted by Gasteiger charge is 2.04. The molecular formula is C15H26IN3O. The lowest BCUT2D eigenvalue weighted by Crippen LogP contribution is -2.37. The van der Waals surface area contributed by atoms with E-state index in [0.29, 0.717) is 6.54 Å². The van der Waals surface area contributed by atoms with Crippen molar-refractivity contribution in [2.24, 2.45) is 4.99 Å². The second-order valence-corrected chi connectivity index (χ2v) is 4.49. The number of ether oxygens (including phenoxy) is 1. The van der Waals surface area contributed by atoms with Crippen LogP contribution in [0.25, 0.3) is 0 Å². The number of hydrogen-bond acceptors (Lipinski definition) is 2. The summed E-state index contributed by atoms with van der Waals surface area (Å²) in [6.45, 7) is 10.5. The van der Waals surface area contributed by atoms with Gasteiger partial charge in [0.1, 0.15) is 11.9 Å². The van der Waals surface area contributed by atoms with Gasteiger partial charge in [-0.05, 0) is 45.4 Å². The summed E-state index contributed by atoms with van der Waals surface area (Å²) in [5.74, 6) is 1.74. The molecule has 1 rings (SSSR count). The van der Waals surface area contributed by atoms with E-state index in [9.17, 15) is 0 Å². The molecule has 114 valence electrons. The third kappa shape index (κ3) is 7.57. The molecule has 4 nitrogen and oxygen atoms in total. The van der Waals surface area contributed by atoms with Crippen LogP contribution >= 0.6 is 24.0 Å². The Kier molecular flexibility index (Phi) is 10.2. The minimum absolute atomic E-state index is 0. The predicted molar refractivity (Wildman–Crippen MR) is 96.3 cm³/mol. The van der Waals surface area contributed by atoms with Crippen LogP contribution in [0.15, 0.2) is 29.3 Å². The number of rotatable bonds is 6. The van der Waals surface area contributed by atoms with Crippen LogP contribution in [0.5, 0.6) is 5.75 Å². The average Bonchev–Trinajstić information content (AvgIpc) is 2.36. The largest absolute Gasteiger partial charge is 0.489 e. The minimum Gasteiger partial charge on any atom is -0.489 e. The van der Waals surface area contributed by atoms with Gasteiger partial charge in [-0.1, -0.05) is 12.1 Å². The second kappa shape index (κ2) is 10.8. The summed E-state index contributed by atoms with van der Waals surface area (Å²) in [6, 6.07) is 8.08. The van der Waals surface area contributed by atoms with Crippen molar-refractivity contribution in [1.82, 2.24) is 10.6 Å². The first-order valence-electron chi connectivity index (χ1n) is 6.91. The summed E-state index contributed by atoms with van der Waals surface area (Å²) in [5, 5.41) is 6.39. The van der Waals surface area contributed by atoms with E-state index in [1.165, 1.54) is 5.56 Å². The summed E-state index contributed by atoms with van der Waals surface area (Å²) in [7, 11) is 0. The van der Waals surface area contributed by atoms with Gasteiger partial charge in [0, 0.05) is 13.1 Å². The van der Waals surface area contributed by atoms with Crippen LogP contribution < -0.4 is 15.4 Å². The van der Waals surface area contributed by atoms with Crippen LogP contribution in [-0.4, -0.2) is 31.7 Å². The molecule has 1 atom stereocenters. The highest BCUT2D eigenvalue weighted by Crippen LogP contribution is 2.14. The maximum atomic E-state index is 5.84. The monoisotopic (exact) mass is 391 g/mol. The molecule has 20 heavy (non-hydrogen) atoms. The molecule has 2 N–H and O–H groups in total. The molecule has 0 aliphatic carbocycles. The normalized spacial score (nSPS) is 11.0. The highest BCUT2D eigenvalue weighted by atomic mass is 127. The van der Waals surface area contributed by atoms with Crippen molar-refractivity contribution in [3.8, 4) is 5.75 Å². The SMILES string of the molecule is CCNC(=NCC(C)Oc1cccc(C)c1)NCC.I. The highest BCUT2D eigenvalue weighted by molar-refractivity contribution is 14.0. The summed E-state index contributed by atoms with van der Waals surface area (Å²) in [5.41, 5.74) is 1.20. The van der Waals surface area contributed by atoms with Gasteiger partial charge in [-0.2, -0.15) is 0 Å². The molecule has 0 spiro atoms. The molecule has 0 heterocycles. The van der Waals surface area contributed by atoms with Crippen LogP contribution in [0.3, 0.4) is 0 Å². The molecule has 0 aromatic heterocycles. The number of nitrogens with one attached hydrogen (secondary N) is 2. The van der Waals surface area contributed by atoms with Gasteiger partial charge in [-0.15, -0.1) is 24.0 Å². The van der Waals surface area contributed by atoms with Gasteiger partial charge in [-0.25, -0.2) is 4.99 Å². The molecule has 0 amide bonds. The number of nitrogens with zero attached hydrogens (tertiary/aromatic N) is 1. The van der Waals surface area contributed by atoms with Crippen molar-refractivity contribution < 1.29 is 4.74 Å². The van der Waals surface area contributed by atoms with Crippen LogP contribution in [0.1, 0.15) is 26.3 Å². The Morgan fingerprint density at radius 3 is 2.45 bits per heavy atom. The topological polar surface area (TPSA) is 45.7 Å². The van der Waals surface area contributed by atoms with Crippen molar-refractivity contribution in [2.45, 2.75) is 33.8 Å². The Labute approximate surface area is 139 Å². The molecule has 1 aromatic rings. The molecule has 0 saturated heterocycles. The lowest BCUT2D eigenvalue weighted by molar-refractivity contribution is 0.230. The Morgan fingerprint density at radius 2 is 1.90 bits per heavy atom. The van der Waals surface area contributed by atoms with Crippen LogP contribution in [0.4, 0.5) is 0 Å². The smallest absolute Gasteiger partial charge is 0.191 e. The fourth-order valence-corrected chi connectivity index (χ4v) is 1.69. The molecule has 0 bridgehead atoms. The molecule has 0 radical (unpaired) electrons. The molecule has 5 heteroatoms. The zero-order valence-corrected chi connectivity index (χ0v) is 15.1. The van der Waals surface area contributed by atoms with E-state index in [1.54, 1.807) is 0 Å². The molecule has 0 aliphatic rings. The summed E-state index contributed by atoms with van der Waals surface area (Å²) >= 11 is 0. The standard InChI is InChI=1S/C15H25N3O.HI/c1-5-16-15(17-6-2)18-11-13(4)19-14-9-7-8-12(3)10-14;/h7-10,13H,5-6,11H2,1-4H3,(H2,16,17,18);1H. The molecule has 0 saturated carbocycles. The fraction of sp³-hybridized carbons (Fsp3) is 0.533. The zero-order chi connectivity index (χ0) is 14.1. The van der Waals surface area contributed by atoms with Gasteiger partial charge >= 0.3 is 0 Å². The third-order valence-corrected chi connectivity index (χ3v) is 2.52. The van der Waals surface area contributed by atoms with Crippen LogP contribution in [0, 0.1) is 6.92 Å². The van der Waals surface area contributed by atoms with Crippen molar-refractivity contribution in [3.63, 3.8) is 0 Å². The average molecular weight is 391 g/mol. The van der Waals surface area contributed by atoms with Crippen LogP contribution in [0.2, 0.25) is 0 Å². The lowest BCUT2D eigenvalue weighted by atomic mass is 10.2. The number of guanidine groups is 1. The molecule has 1 aromatic carbocycles. The van der Waals surface area contributed by atoms with Gasteiger partial charge in [0.2, 0.25) is 0 Å². The van der Waals surface area contributed by atoms with Gasteiger partial charge < -0.3 is 15.4 Å². The van der Waals surface area contributed by atoms with Crippen molar-refractivity contribution in [1.29, 1.82) is 0 Å². The van der Waals surface area contributed by atoms with E-state index in [2.05, 4.69) is 42.5 Å². The Hall–Kier alpha value is -0.980. The lowest BCUT2D eigenvalue weighted by Gasteiger charge is -2.15. The number of aryl methyl sites for hydroxylation is 1. The van der Waals surface area contributed by atoms with E-state index < -0.39 is 0 Å². The van der Waals surface area contributed by atoms with E-state index in [4.69, 9.17) is 4.74 Å². The van der Waals surface area contributed by atoms with E-state index in [0.717, 1.165) is 24.8 Å². The van der Waals surface area contributed by atoms with Crippen molar-refractivity contribution >= 4 is 29.9 Å². The minimum atomic E-state index is 0. The summed E-state index contributed by atoms with van der Waals surface area (Å²) < 4.78 is 5.84. The van der Waals surface area contributed by atoms with Gasteiger partial charge in [0.25, 0.3) is 0 Å². The fourth-order valence-electron chi connectivity index (χ4n) is 1.69. The maximum absolute atomic E-state index is 5.84. The van der Waals surface area contributed by atoms with E-state index in [-0.39, 0.29) is 30.1 Å². The molecule has 0 aliphatic heterocycles. The summed E-state index contributed by atoms with van der Waals surface area (Å²) in [4.78, 5) is 4.49.